The number of nitrogens with one attached hydrogen (secondary N) is 2. The second-order valence-electron chi connectivity index (χ2n) is 5.89. The van der Waals surface area contributed by atoms with E-state index in [0.717, 1.165) is 22.7 Å². The zero-order chi connectivity index (χ0) is 18.4. The molecule has 5 nitrogen and oxygen atoms in total. The highest BCUT2D eigenvalue weighted by molar-refractivity contribution is 5.95. The lowest BCUT2D eigenvalue weighted by atomic mass is 10.1. The van der Waals surface area contributed by atoms with Crippen molar-refractivity contribution in [2.45, 2.75) is 13.0 Å². The largest absolute Gasteiger partial charge is 0.495 e. The van der Waals surface area contributed by atoms with Crippen molar-refractivity contribution >= 4 is 17.3 Å². The van der Waals surface area contributed by atoms with E-state index in [0.29, 0.717) is 5.56 Å². The molecule has 0 fully saturated rings. The number of pyridine rings is 1. The summed E-state index contributed by atoms with van der Waals surface area (Å²) in [4.78, 5) is 16.7. The van der Waals surface area contributed by atoms with Crippen LogP contribution in [0.1, 0.15) is 28.9 Å². The number of benzene rings is 2. The van der Waals surface area contributed by atoms with E-state index in [2.05, 4.69) is 15.6 Å². The van der Waals surface area contributed by atoms with Gasteiger partial charge in [0.1, 0.15) is 5.75 Å². The first-order valence-electron chi connectivity index (χ1n) is 8.38. The third-order valence-electron chi connectivity index (χ3n) is 4.03. The van der Waals surface area contributed by atoms with Crippen molar-refractivity contribution in [3.8, 4) is 5.75 Å². The van der Waals surface area contributed by atoms with E-state index in [1.807, 2.05) is 61.5 Å². The molecule has 2 aromatic carbocycles. The quantitative estimate of drug-likeness (QED) is 0.697. The van der Waals surface area contributed by atoms with Gasteiger partial charge in [0.05, 0.1) is 36.3 Å². The Hall–Kier alpha value is -3.34. The molecule has 0 aliphatic rings. The van der Waals surface area contributed by atoms with Crippen molar-refractivity contribution in [2.75, 3.05) is 12.4 Å². The highest BCUT2D eigenvalue weighted by Gasteiger charge is 2.12. The summed E-state index contributed by atoms with van der Waals surface area (Å²) in [6.07, 6.45) is 3.23. The van der Waals surface area contributed by atoms with Crippen LogP contribution in [0.3, 0.4) is 0 Å². The highest BCUT2D eigenvalue weighted by Crippen LogP contribution is 2.27. The average Bonchev–Trinajstić information content (AvgIpc) is 2.69. The molecule has 0 radical (unpaired) electrons. The third kappa shape index (κ3) is 4.19. The number of para-hydroxylation sites is 2. The molecule has 3 rings (SSSR count). The molecule has 0 spiro atoms. The molecule has 0 bridgehead atoms. The van der Waals surface area contributed by atoms with E-state index in [-0.39, 0.29) is 11.9 Å². The lowest BCUT2D eigenvalue weighted by molar-refractivity contribution is 0.0939. The van der Waals surface area contributed by atoms with E-state index in [4.69, 9.17) is 4.74 Å². The minimum Gasteiger partial charge on any atom is -0.495 e. The maximum absolute atomic E-state index is 12.6. The number of amides is 1. The molecule has 1 atom stereocenters. The van der Waals surface area contributed by atoms with Gasteiger partial charge in [0.15, 0.2) is 0 Å². The number of nitrogens with zero attached hydrogens (tertiary/aromatic N) is 1. The SMILES string of the molecule is COc1ccccc1Nc1cncc(C(=O)NC(C)c2ccccc2)c1. The van der Waals surface area contributed by atoms with Gasteiger partial charge in [-0.2, -0.15) is 0 Å². The van der Waals surface area contributed by atoms with Crippen LogP contribution in [0, 0.1) is 0 Å². The number of aromatic nitrogens is 1. The van der Waals surface area contributed by atoms with Gasteiger partial charge in [0.2, 0.25) is 0 Å². The van der Waals surface area contributed by atoms with Crippen molar-refractivity contribution in [3.63, 3.8) is 0 Å². The van der Waals surface area contributed by atoms with Crippen LogP contribution in [0.15, 0.2) is 73.1 Å². The van der Waals surface area contributed by atoms with Crippen molar-refractivity contribution < 1.29 is 9.53 Å². The van der Waals surface area contributed by atoms with Gasteiger partial charge in [-0.05, 0) is 30.7 Å². The van der Waals surface area contributed by atoms with Crippen LogP contribution in [-0.4, -0.2) is 18.0 Å². The molecular formula is C21H21N3O2. The Labute approximate surface area is 153 Å². The zero-order valence-corrected chi connectivity index (χ0v) is 14.8. The summed E-state index contributed by atoms with van der Waals surface area (Å²) < 4.78 is 5.33. The fourth-order valence-corrected chi connectivity index (χ4v) is 2.64. The fourth-order valence-electron chi connectivity index (χ4n) is 2.64. The predicted molar refractivity (Wildman–Crippen MR) is 103 cm³/mol. The zero-order valence-electron chi connectivity index (χ0n) is 14.8. The standard InChI is InChI=1S/C21H21N3O2/c1-15(16-8-4-3-5-9-16)23-21(25)17-12-18(14-22-13-17)24-19-10-6-7-11-20(19)26-2/h3-15,24H,1-2H3,(H,23,25). The van der Waals surface area contributed by atoms with E-state index in [9.17, 15) is 4.79 Å². The van der Waals surface area contributed by atoms with E-state index < -0.39 is 0 Å². The number of rotatable bonds is 6. The van der Waals surface area contributed by atoms with Gasteiger partial charge >= 0.3 is 0 Å². The molecule has 0 saturated carbocycles. The molecule has 5 heteroatoms. The molecule has 2 N–H and O–H groups in total. The first kappa shape index (κ1) is 17.5. The van der Waals surface area contributed by atoms with Crippen molar-refractivity contribution in [3.05, 3.63) is 84.2 Å². The normalized spacial score (nSPS) is 11.5. The summed E-state index contributed by atoms with van der Waals surface area (Å²) in [5, 5.41) is 6.23. The van der Waals surface area contributed by atoms with Crippen LogP contribution >= 0.6 is 0 Å². The molecule has 0 aliphatic heterocycles. The molecule has 0 saturated heterocycles. The van der Waals surface area contributed by atoms with Crippen LogP contribution in [0.5, 0.6) is 5.75 Å². The first-order valence-corrected chi connectivity index (χ1v) is 8.38. The van der Waals surface area contributed by atoms with E-state index in [1.165, 1.54) is 0 Å². The van der Waals surface area contributed by atoms with Crippen LogP contribution < -0.4 is 15.4 Å². The summed E-state index contributed by atoms with van der Waals surface area (Å²) in [6, 6.07) is 19.1. The monoisotopic (exact) mass is 347 g/mol. The first-order chi connectivity index (χ1) is 12.7. The Morgan fingerprint density at radius 3 is 2.54 bits per heavy atom. The topological polar surface area (TPSA) is 63.2 Å². The number of ether oxygens (including phenoxy) is 1. The average molecular weight is 347 g/mol. The molecule has 132 valence electrons. The Bertz CT molecular complexity index is 881. The smallest absolute Gasteiger partial charge is 0.253 e. The number of anilines is 2. The van der Waals surface area contributed by atoms with Gasteiger partial charge in [0.25, 0.3) is 5.91 Å². The second-order valence-corrected chi connectivity index (χ2v) is 5.89. The van der Waals surface area contributed by atoms with Gasteiger partial charge in [-0.25, -0.2) is 0 Å². The number of hydrogen-bond donors (Lipinski definition) is 2. The molecule has 1 heterocycles. The number of methoxy groups -OCH3 is 1. The fraction of sp³-hybridized carbons (Fsp3) is 0.143. The van der Waals surface area contributed by atoms with E-state index >= 15 is 0 Å². The number of hydrogen-bond acceptors (Lipinski definition) is 4. The van der Waals surface area contributed by atoms with Crippen LogP contribution in [0.2, 0.25) is 0 Å². The van der Waals surface area contributed by atoms with Crippen molar-refractivity contribution in [1.29, 1.82) is 0 Å². The Kier molecular flexibility index (Phi) is 5.49. The molecule has 26 heavy (non-hydrogen) atoms. The summed E-state index contributed by atoms with van der Waals surface area (Å²) >= 11 is 0. The van der Waals surface area contributed by atoms with Gasteiger partial charge < -0.3 is 15.4 Å². The van der Waals surface area contributed by atoms with Crippen molar-refractivity contribution in [2.24, 2.45) is 0 Å². The van der Waals surface area contributed by atoms with Gasteiger partial charge in [-0.1, -0.05) is 42.5 Å². The molecule has 1 aromatic heterocycles. The lowest BCUT2D eigenvalue weighted by Crippen LogP contribution is -2.26. The van der Waals surface area contributed by atoms with Crippen molar-refractivity contribution in [1.82, 2.24) is 10.3 Å². The Morgan fingerprint density at radius 1 is 1.04 bits per heavy atom. The number of carbonyl (C=O) groups excluding carboxylic acids is 1. The molecule has 0 aliphatic carbocycles. The summed E-state index contributed by atoms with van der Waals surface area (Å²) in [7, 11) is 1.62. The number of carbonyl (C=O) groups is 1. The molecule has 1 unspecified atom stereocenters. The van der Waals surface area contributed by atoms with E-state index in [1.54, 1.807) is 25.6 Å². The minimum absolute atomic E-state index is 0.0884. The Balaban J connectivity index is 1.73. The van der Waals surface area contributed by atoms with Crippen LogP contribution in [0.4, 0.5) is 11.4 Å². The lowest BCUT2D eigenvalue weighted by Gasteiger charge is -2.15. The Morgan fingerprint density at radius 2 is 1.77 bits per heavy atom. The third-order valence-corrected chi connectivity index (χ3v) is 4.03. The summed E-state index contributed by atoms with van der Waals surface area (Å²) in [6.45, 7) is 1.96. The summed E-state index contributed by atoms with van der Waals surface area (Å²) in [5.41, 5.74) is 3.08. The van der Waals surface area contributed by atoms with Gasteiger partial charge in [0, 0.05) is 6.20 Å². The second kappa shape index (κ2) is 8.16. The maximum atomic E-state index is 12.6. The molecular weight excluding hydrogens is 326 g/mol. The highest BCUT2D eigenvalue weighted by atomic mass is 16.5. The molecule has 3 aromatic rings. The van der Waals surface area contributed by atoms with Crippen LogP contribution in [-0.2, 0) is 0 Å². The van der Waals surface area contributed by atoms with Gasteiger partial charge in [-0.15, -0.1) is 0 Å². The van der Waals surface area contributed by atoms with Gasteiger partial charge in [-0.3, -0.25) is 9.78 Å². The minimum atomic E-state index is -0.169. The maximum Gasteiger partial charge on any atom is 0.253 e. The predicted octanol–water partition coefficient (Wildman–Crippen LogP) is 4.32. The molecule has 1 amide bonds. The summed E-state index contributed by atoms with van der Waals surface area (Å²) in [5.74, 6) is 0.553. The van der Waals surface area contributed by atoms with Crippen LogP contribution in [0.25, 0.3) is 0 Å².